The predicted molar refractivity (Wildman–Crippen MR) is 81.1 cm³/mol. The van der Waals surface area contributed by atoms with E-state index in [0.29, 0.717) is 17.1 Å². The van der Waals surface area contributed by atoms with Gasteiger partial charge in [-0.25, -0.2) is 8.42 Å². The fourth-order valence-electron chi connectivity index (χ4n) is 2.73. The second kappa shape index (κ2) is 5.71. The average Bonchev–Trinajstić information content (AvgIpc) is 2.53. The van der Waals surface area contributed by atoms with E-state index < -0.39 is 10.0 Å². The van der Waals surface area contributed by atoms with Gasteiger partial charge in [-0.15, -0.1) is 0 Å². The molecule has 1 aliphatic rings. The van der Waals surface area contributed by atoms with Gasteiger partial charge >= 0.3 is 0 Å². The molecule has 1 unspecified atom stereocenters. The van der Waals surface area contributed by atoms with Crippen molar-refractivity contribution in [2.24, 2.45) is 0 Å². The quantitative estimate of drug-likeness (QED) is 0.835. The summed E-state index contributed by atoms with van der Waals surface area (Å²) in [7, 11) is -1.46. The highest BCUT2D eigenvalue weighted by molar-refractivity contribution is 7.89. The van der Waals surface area contributed by atoms with E-state index in [1.807, 2.05) is 14.0 Å². The lowest BCUT2D eigenvalue weighted by atomic mass is 10.2. The van der Waals surface area contributed by atoms with Crippen molar-refractivity contribution >= 4 is 15.7 Å². The van der Waals surface area contributed by atoms with Gasteiger partial charge in [0.25, 0.3) is 0 Å². The molecule has 2 N–H and O–H groups in total. The SMILES string of the molecule is Cc1ccc(N)cc1S(=O)(=O)N1CCCN(C)CC1C. The lowest BCUT2D eigenvalue weighted by Gasteiger charge is -2.27. The van der Waals surface area contributed by atoms with E-state index in [2.05, 4.69) is 4.90 Å². The Bertz CT molecular complexity index is 586. The summed E-state index contributed by atoms with van der Waals surface area (Å²) in [6.07, 6.45) is 0.849. The molecule has 5 nitrogen and oxygen atoms in total. The Hall–Kier alpha value is -1.11. The van der Waals surface area contributed by atoms with Crippen LogP contribution in [0.4, 0.5) is 5.69 Å². The van der Waals surface area contributed by atoms with Crippen molar-refractivity contribution in [1.29, 1.82) is 0 Å². The summed E-state index contributed by atoms with van der Waals surface area (Å²) in [4.78, 5) is 2.50. The van der Waals surface area contributed by atoms with Crippen LogP contribution in [-0.4, -0.2) is 50.3 Å². The molecular formula is C14H23N3O2S. The maximum atomic E-state index is 12.9. The number of nitrogen functional groups attached to an aromatic ring is 1. The highest BCUT2D eigenvalue weighted by Crippen LogP contribution is 2.25. The van der Waals surface area contributed by atoms with Crippen LogP contribution < -0.4 is 5.73 Å². The van der Waals surface area contributed by atoms with Crippen LogP contribution in [0, 0.1) is 6.92 Å². The number of nitrogens with two attached hydrogens (primary N) is 1. The summed E-state index contributed by atoms with van der Waals surface area (Å²) in [5.41, 5.74) is 6.97. The van der Waals surface area contributed by atoms with Gasteiger partial charge in [0.05, 0.1) is 4.90 Å². The summed E-state index contributed by atoms with van der Waals surface area (Å²) >= 11 is 0. The minimum absolute atomic E-state index is 0.0340. The standard InChI is InChI=1S/C14H23N3O2S/c1-11-5-6-13(15)9-14(11)20(18,19)17-8-4-7-16(3)10-12(17)2/h5-6,9,12H,4,7-8,10,15H2,1-3H3. The molecule has 1 aromatic carbocycles. The van der Waals surface area contributed by atoms with Crippen LogP contribution >= 0.6 is 0 Å². The molecule has 0 amide bonds. The van der Waals surface area contributed by atoms with Crippen molar-refractivity contribution in [2.75, 3.05) is 32.4 Å². The van der Waals surface area contributed by atoms with Crippen molar-refractivity contribution in [2.45, 2.75) is 31.2 Å². The minimum atomic E-state index is -3.48. The Balaban J connectivity index is 2.41. The van der Waals surface area contributed by atoms with E-state index in [1.54, 1.807) is 29.4 Å². The van der Waals surface area contributed by atoms with Gasteiger partial charge in [0.1, 0.15) is 0 Å². The molecular weight excluding hydrogens is 274 g/mol. The number of sulfonamides is 1. The van der Waals surface area contributed by atoms with Crippen molar-refractivity contribution in [3.63, 3.8) is 0 Å². The highest BCUT2D eigenvalue weighted by Gasteiger charge is 2.32. The lowest BCUT2D eigenvalue weighted by Crippen LogP contribution is -2.42. The largest absolute Gasteiger partial charge is 0.399 e. The van der Waals surface area contributed by atoms with Gasteiger partial charge in [0.2, 0.25) is 10.0 Å². The van der Waals surface area contributed by atoms with Crippen LogP contribution in [0.25, 0.3) is 0 Å². The van der Waals surface area contributed by atoms with Crippen molar-refractivity contribution in [3.8, 4) is 0 Å². The van der Waals surface area contributed by atoms with Crippen LogP contribution in [0.3, 0.4) is 0 Å². The molecule has 2 rings (SSSR count). The highest BCUT2D eigenvalue weighted by atomic mass is 32.2. The Morgan fingerprint density at radius 1 is 1.30 bits per heavy atom. The third-order valence-electron chi connectivity index (χ3n) is 3.78. The molecule has 1 aromatic rings. The molecule has 1 saturated heterocycles. The Morgan fingerprint density at radius 2 is 2.00 bits per heavy atom. The first kappa shape index (κ1) is 15.3. The first-order valence-corrected chi connectivity index (χ1v) is 8.33. The molecule has 0 radical (unpaired) electrons. The van der Waals surface area contributed by atoms with E-state index in [0.717, 1.165) is 25.1 Å². The van der Waals surface area contributed by atoms with Crippen LogP contribution in [0.1, 0.15) is 18.9 Å². The second-order valence-corrected chi connectivity index (χ2v) is 7.46. The number of hydrogen-bond donors (Lipinski definition) is 1. The first-order chi connectivity index (χ1) is 9.32. The molecule has 112 valence electrons. The smallest absolute Gasteiger partial charge is 0.243 e. The second-order valence-electron chi connectivity index (χ2n) is 5.61. The van der Waals surface area contributed by atoms with E-state index in [1.165, 1.54) is 0 Å². The zero-order valence-corrected chi connectivity index (χ0v) is 13.2. The van der Waals surface area contributed by atoms with Crippen molar-refractivity contribution in [1.82, 2.24) is 9.21 Å². The van der Waals surface area contributed by atoms with Crippen LogP contribution in [0.15, 0.2) is 23.1 Å². The Kier molecular flexibility index (Phi) is 4.36. The maximum absolute atomic E-state index is 12.9. The molecule has 0 spiro atoms. The van der Waals surface area contributed by atoms with Gasteiger partial charge in [-0.3, -0.25) is 0 Å². The summed E-state index contributed by atoms with van der Waals surface area (Å²) in [5.74, 6) is 0. The zero-order chi connectivity index (χ0) is 14.9. The number of nitrogens with zero attached hydrogens (tertiary/aromatic N) is 2. The molecule has 6 heteroatoms. The van der Waals surface area contributed by atoms with Gasteiger partial charge in [-0.05, 0) is 51.6 Å². The maximum Gasteiger partial charge on any atom is 0.243 e. The average molecular weight is 297 g/mol. The first-order valence-electron chi connectivity index (χ1n) is 6.89. The van der Waals surface area contributed by atoms with E-state index in [-0.39, 0.29) is 6.04 Å². The number of anilines is 1. The summed E-state index contributed by atoms with van der Waals surface area (Å²) in [6.45, 7) is 6.00. The van der Waals surface area contributed by atoms with Gasteiger partial charge in [-0.1, -0.05) is 6.07 Å². The number of likely N-dealkylation sites (N-methyl/N-ethyl adjacent to an activating group) is 1. The number of aryl methyl sites for hydroxylation is 1. The minimum Gasteiger partial charge on any atom is -0.399 e. The van der Waals surface area contributed by atoms with E-state index >= 15 is 0 Å². The van der Waals surface area contributed by atoms with Crippen molar-refractivity contribution < 1.29 is 8.42 Å². The molecule has 1 atom stereocenters. The molecule has 1 heterocycles. The molecule has 0 aromatic heterocycles. The predicted octanol–water partition coefficient (Wildman–Crippen LogP) is 1.29. The molecule has 0 saturated carbocycles. The van der Waals surface area contributed by atoms with E-state index in [9.17, 15) is 8.42 Å². The van der Waals surface area contributed by atoms with Crippen molar-refractivity contribution in [3.05, 3.63) is 23.8 Å². The summed E-state index contributed by atoms with van der Waals surface area (Å²) in [6, 6.07) is 5.02. The van der Waals surface area contributed by atoms with Crippen LogP contribution in [0.5, 0.6) is 0 Å². The molecule has 1 fully saturated rings. The van der Waals surface area contributed by atoms with Crippen LogP contribution in [0.2, 0.25) is 0 Å². The Labute approximate surface area is 121 Å². The van der Waals surface area contributed by atoms with Gasteiger partial charge in [0.15, 0.2) is 0 Å². The van der Waals surface area contributed by atoms with Gasteiger partial charge < -0.3 is 10.6 Å². The lowest BCUT2D eigenvalue weighted by molar-refractivity contribution is 0.290. The topological polar surface area (TPSA) is 66.6 Å². The summed E-state index contributed by atoms with van der Waals surface area (Å²) in [5, 5.41) is 0. The normalized spacial score (nSPS) is 22.6. The number of rotatable bonds is 2. The molecule has 0 bridgehead atoms. The third-order valence-corrected chi connectivity index (χ3v) is 5.94. The number of benzene rings is 1. The monoisotopic (exact) mass is 297 g/mol. The molecule has 20 heavy (non-hydrogen) atoms. The Morgan fingerprint density at radius 3 is 2.70 bits per heavy atom. The van der Waals surface area contributed by atoms with E-state index in [4.69, 9.17) is 5.73 Å². The molecule has 0 aliphatic carbocycles. The summed E-state index contributed by atoms with van der Waals surface area (Å²) < 4.78 is 27.4. The number of hydrogen-bond acceptors (Lipinski definition) is 4. The third kappa shape index (κ3) is 2.97. The zero-order valence-electron chi connectivity index (χ0n) is 12.3. The fraction of sp³-hybridized carbons (Fsp3) is 0.571. The fourth-order valence-corrected chi connectivity index (χ4v) is 4.65. The molecule has 1 aliphatic heterocycles. The van der Waals surface area contributed by atoms with Crippen LogP contribution in [-0.2, 0) is 10.0 Å². The van der Waals surface area contributed by atoms with Gasteiger partial charge in [0, 0.05) is 24.8 Å². The van der Waals surface area contributed by atoms with Gasteiger partial charge in [-0.2, -0.15) is 4.31 Å².